The average Bonchev–Trinajstić information content (AvgIpc) is 2.27. The van der Waals surface area contributed by atoms with Gasteiger partial charge in [-0.3, -0.25) is 0 Å². The zero-order valence-corrected chi connectivity index (χ0v) is 8.90. The van der Waals surface area contributed by atoms with Crippen LogP contribution < -0.4 is 11.5 Å². The molecular weight excluding hydrogens is 184 g/mol. The third-order valence-corrected chi connectivity index (χ3v) is 2.70. The summed E-state index contributed by atoms with van der Waals surface area (Å²) in [4.78, 5) is 0. The average molecular weight is 200 g/mol. The summed E-state index contributed by atoms with van der Waals surface area (Å²) in [6.07, 6.45) is 0. The summed E-state index contributed by atoms with van der Waals surface area (Å²) in [7, 11) is 0. The number of aryl methyl sites for hydroxylation is 1. The van der Waals surface area contributed by atoms with Crippen LogP contribution in [-0.4, -0.2) is 6.54 Å². The zero-order chi connectivity index (χ0) is 10.8. The molecule has 1 atom stereocenters. The van der Waals surface area contributed by atoms with E-state index in [9.17, 15) is 0 Å². The predicted octanol–water partition coefficient (Wildman–Crippen LogP) is 2.11. The summed E-state index contributed by atoms with van der Waals surface area (Å²) in [5, 5.41) is 2.48. The standard InChI is InChI=1S/C13H16N2/c1-9-2-3-10-4-5-11(13(15)8-14)7-12(10)6-9/h2-7,13H,8,14-15H2,1H3/t13-/m0/s1. The first kappa shape index (κ1) is 10.1. The van der Waals surface area contributed by atoms with Crippen molar-refractivity contribution in [1.29, 1.82) is 0 Å². The van der Waals surface area contributed by atoms with E-state index in [4.69, 9.17) is 11.5 Å². The molecule has 0 spiro atoms. The number of rotatable bonds is 2. The normalized spacial score (nSPS) is 13.0. The summed E-state index contributed by atoms with van der Waals surface area (Å²) in [6.45, 7) is 2.58. The molecule has 0 heterocycles. The Morgan fingerprint density at radius 3 is 2.53 bits per heavy atom. The minimum atomic E-state index is -0.0603. The highest BCUT2D eigenvalue weighted by Gasteiger charge is 2.03. The van der Waals surface area contributed by atoms with Gasteiger partial charge in [-0.2, -0.15) is 0 Å². The van der Waals surface area contributed by atoms with Crippen LogP contribution in [0.3, 0.4) is 0 Å². The van der Waals surface area contributed by atoms with Crippen LogP contribution in [0.15, 0.2) is 36.4 Å². The number of hydrogen-bond acceptors (Lipinski definition) is 2. The molecule has 0 saturated carbocycles. The van der Waals surface area contributed by atoms with Crippen LogP contribution in [0, 0.1) is 6.92 Å². The van der Waals surface area contributed by atoms with Gasteiger partial charge < -0.3 is 11.5 Å². The summed E-state index contributed by atoms with van der Waals surface area (Å²) in [5.74, 6) is 0. The molecule has 0 aliphatic heterocycles. The van der Waals surface area contributed by atoms with E-state index in [0.717, 1.165) is 5.56 Å². The summed E-state index contributed by atoms with van der Waals surface area (Å²) in [5.41, 5.74) is 13.8. The van der Waals surface area contributed by atoms with E-state index in [2.05, 4.69) is 43.3 Å². The Labute approximate surface area is 89.9 Å². The maximum Gasteiger partial charge on any atom is 0.0419 e. The van der Waals surface area contributed by atoms with Gasteiger partial charge in [0.2, 0.25) is 0 Å². The van der Waals surface area contributed by atoms with Gasteiger partial charge in [0.05, 0.1) is 0 Å². The Hall–Kier alpha value is -1.38. The lowest BCUT2D eigenvalue weighted by atomic mass is 10.0. The first-order chi connectivity index (χ1) is 7.20. The minimum absolute atomic E-state index is 0.0603. The fourth-order valence-corrected chi connectivity index (χ4v) is 1.75. The van der Waals surface area contributed by atoms with Crippen molar-refractivity contribution in [3.8, 4) is 0 Å². The second-order valence-electron chi connectivity index (χ2n) is 3.95. The molecule has 0 aliphatic carbocycles. The molecule has 0 aromatic heterocycles. The molecule has 0 fully saturated rings. The molecule has 2 nitrogen and oxygen atoms in total. The van der Waals surface area contributed by atoms with E-state index in [1.165, 1.54) is 16.3 Å². The largest absolute Gasteiger partial charge is 0.329 e. The van der Waals surface area contributed by atoms with Gasteiger partial charge in [-0.15, -0.1) is 0 Å². The fourth-order valence-electron chi connectivity index (χ4n) is 1.75. The number of fused-ring (bicyclic) bond motifs is 1. The van der Waals surface area contributed by atoms with E-state index in [1.54, 1.807) is 0 Å². The van der Waals surface area contributed by atoms with Crippen LogP contribution in [0.25, 0.3) is 10.8 Å². The lowest BCUT2D eigenvalue weighted by Crippen LogP contribution is -2.20. The van der Waals surface area contributed by atoms with Crippen molar-refractivity contribution < 1.29 is 0 Å². The van der Waals surface area contributed by atoms with Crippen molar-refractivity contribution >= 4 is 10.8 Å². The number of nitrogens with two attached hydrogens (primary N) is 2. The molecule has 4 N–H and O–H groups in total. The lowest BCUT2D eigenvalue weighted by molar-refractivity contribution is 0.738. The molecule has 2 aromatic carbocycles. The van der Waals surface area contributed by atoms with Crippen LogP contribution in [0.5, 0.6) is 0 Å². The Balaban J connectivity index is 2.54. The van der Waals surface area contributed by atoms with Crippen LogP contribution in [-0.2, 0) is 0 Å². The predicted molar refractivity (Wildman–Crippen MR) is 64.7 cm³/mol. The molecule has 0 saturated heterocycles. The van der Waals surface area contributed by atoms with Gasteiger partial charge >= 0.3 is 0 Å². The summed E-state index contributed by atoms with van der Waals surface area (Å²) < 4.78 is 0. The summed E-state index contributed by atoms with van der Waals surface area (Å²) in [6, 6.07) is 12.6. The molecule has 2 rings (SSSR count). The molecule has 2 heteroatoms. The van der Waals surface area contributed by atoms with E-state index >= 15 is 0 Å². The molecule has 0 aliphatic rings. The van der Waals surface area contributed by atoms with Crippen LogP contribution >= 0.6 is 0 Å². The Morgan fingerprint density at radius 2 is 1.80 bits per heavy atom. The topological polar surface area (TPSA) is 52.0 Å². The van der Waals surface area contributed by atoms with Gasteiger partial charge in [-0.25, -0.2) is 0 Å². The van der Waals surface area contributed by atoms with Crippen molar-refractivity contribution in [2.24, 2.45) is 11.5 Å². The van der Waals surface area contributed by atoms with Gasteiger partial charge in [0.25, 0.3) is 0 Å². The Morgan fingerprint density at radius 1 is 1.07 bits per heavy atom. The van der Waals surface area contributed by atoms with Gasteiger partial charge in [0, 0.05) is 12.6 Å². The molecule has 0 bridgehead atoms. The smallest absolute Gasteiger partial charge is 0.0419 e. The molecule has 2 aromatic rings. The maximum atomic E-state index is 5.90. The molecular formula is C13H16N2. The molecule has 78 valence electrons. The van der Waals surface area contributed by atoms with Crippen molar-refractivity contribution in [3.63, 3.8) is 0 Å². The van der Waals surface area contributed by atoms with E-state index < -0.39 is 0 Å². The molecule has 0 unspecified atom stereocenters. The Kier molecular flexibility index (Phi) is 2.71. The van der Waals surface area contributed by atoms with Crippen LogP contribution in [0.2, 0.25) is 0 Å². The SMILES string of the molecule is Cc1ccc2ccc([C@@H](N)CN)cc2c1. The van der Waals surface area contributed by atoms with E-state index in [-0.39, 0.29) is 6.04 Å². The van der Waals surface area contributed by atoms with Crippen LogP contribution in [0.1, 0.15) is 17.2 Å². The Bertz CT molecular complexity index is 477. The van der Waals surface area contributed by atoms with E-state index in [1.807, 2.05) is 0 Å². The third-order valence-electron chi connectivity index (χ3n) is 2.70. The molecule has 0 amide bonds. The third kappa shape index (κ3) is 2.01. The van der Waals surface area contributed by atoms with E-state index in [0.29, 0.717) is 6.54 Å². The second kappa shape index (κ2) is 4.01. The fraction of sp³-hybridized carbons (Fsp3) is 0.231. The molecule has 15 heavy (non-hydrogen) atoms. The first-order valence-corrected chi connectivity index (χ1v) is 5.16. The van der Waals surface area contributed by atoms with Crippen molar-refractivity contribution in [1.82, 2.24) is 0 Å². The highest BCUT2D eigenvalue weighted by Crippen LogP contribution is 2.20. The van der Waals surface area contributed by atoms with Gasteiger partial charge in [-0.1, -0.05) is 35.9 Å². The number of benzene rings is 2. The van der Waals surface area contributed by atoms with Gasteiger partial charge in [-0.05, 0) is 29.3 Å². The highest BCUT2D eigenvalue weighted by molar-refractivity contribution is 5.83. The maximum absolute atomic E-state index is 5.90. The zero-order valence-electron chi connectivity index (χ0n) is 8.90. The molecule has 0 radical (unpaired) electrons. The second-order valence-corrected chi connectivity index (χ2v) is 3.95. The van der Waals surface area contributed by atoms with Crippen molar-refractivity contribution in [3.05, 3.63) is 47.5 Å². The lowest BCUT2D eigenvalue weighted by Gasteiger charge is -2.10. The van der Waals surface area contributed by atoms with Crippen molar-refractivity contribution in [2.75, 3.05) is 6.54 Å². The van der Waals surface area contributed by atoms with Gasteiger partial charge in [0.1, 0.15) is 0 Å². The van der Waals surface area contributed by atoms with Crippen LogP contribution in [0.4, 0.5) is 0 Å². The van der Waals surface area contributed by atoms with Gasteiger partial charge in [0.15, 0.2) is 0 Å². The number of hydrogen-bond donors (Lipinski definition) is 2. The quantitative estimate of drug-likeness (QED) is 0.780. The monoisotopic (exact) mass is 200 g/mol. The highest BCUT2D eigenvalue weighted by atomic mass is 14.7. The van der Waals surface area contributed by atoms with Crippen molar-refractivity contribution in [2.45, 2.75) is 13.0 Å². The first-order valence-electron chi connectivity index (χ1n) is 5.16. The minimum Gasteiger partial charge on any atom is -0.329 e. The summed E-state index contributed by atoms with van der Waals surface area (Å²) >= 11 is 0.